The Hall–Kier alpha value is -1.83. The molecule has 1 heterocycles. The van der Waals surface area contributed by atoms with Crippen molar-refractivity contribution in [2.75, 3.05) is 5.73 Å². The predicted molar refractivity (Wildman–Crippen MR) is 46.0 cm³/mol. The highest BCUT2D eigenvalue weighted by molar-refractivity contribution is 5.38. The summed E-state index contributed by atoms with van der Waals surface area (Å²) in [6.07, 6.45) is 1.98. The molecule has 0 amide bonds. The zero-order valence-electron chi connectivity index (χ0n) is 6.87. The van der Waals surface area contributed by atoms with Gasteiger partial charge < -0.3 is 5.73 Å². The second kappa shape index (κ2) is 2.59. The van der Waals surface area contributed by atoms with Gasteiger partial charge in [0, 0.05) is 5.92 Å². The predicted octanol–water partition coefficient (Wildman–Crippen LogP) is 0.101. The van der Waals surface area contributed by atoms with Gasteiger partial charge in [-0.3, -0.25) is 9.78 Å². The van der Waals surface area contributed by atoms with E-state index in [0.717, 1.165) is 12.8 Å². The average molecular weight is 176 g/mol. The van der Waals surface area contributed by atoms with Crippen LogP contribution in [0.3, 0.4) is 0 Å². The molecule has 0 unspecified atom stereocenters. The molecule has 0 bridgehead atoms. The molecule has 1 aromatic heterocycles. The first-order valence-corrected chi connectivity index (χ1v) is 4.02. The molecule has 0 atom stereocenters. The molecule has 0 radical (unpaired) electrons. The number of nitrogens with zero attached hydrogens (tertiary/aromatic N) is 2. The lowest BCUT2D eigenvalue weighted by Gasteiger charge is -2.00. The first-order valence-electron chi connectivity index (χ1n) is 4.02. The van der Waals surface area contributed by atoms with Gasteiger partial charge in [-0.25, -0.2) is 4.98 Å². The number of nitrogens with one attached hydrogen (secondary N) is 1. The molecule has 5 nitrogen and oxygen atoms in total. The topological polar surface area (TPSA) is 95.6 Å². The Morgan fingerprint density at radius 3 is 2.85 bits per heavy atom. The van der Waals surface area contributed by atoms with E-state index in [0.29, 0.717) is 5.69 Å². The molecular weight excluding hydrogens is 168 g/mol. The Bertz CT molecular complexity index is 438. The number of hydrogen-bond donors (Lipinski definition) is 2. The van der Waals surface area contributed by atoms with Gasteiger partial charge in [0.1, 0.15) is 11.6 Å². The van der Waals surface area contributed by atoms with Crippen molar-refractivity contribution in [2.45, 2.75) is 18.8 Å². The minimum Gasteiger partial charge on any atom is -0.369 e. The molecule has 1 saturated carbocycles. The van der Waals surface area contributed by atoms with Crippen molar-refractivity contribution >= 4 is 5.95 Å². The monoisotopic (exact) mass is 176 g/mol. The van der Waals surface area contributed by atoms with Gasteiger partial charge in [0.25, 0.3) is 5.56 Å². The molecule has 1 aromatic rings. The highest BCUT2D eigenvalue weighted by Crippen LogP contribution is 2.39. The maximum absolute atomic E-state index is 11.2. The second-order valence-electron chi connectivity index (χ2n) is 3.10. The zero-order chi connectivity index (χ0) is 9.42. The Morgan fingerprint density at radius 2 is 2.31 bits per heavy atom. The van der Waals surface area contributed by atoms with Crippen molar-refractivity contribution in [1.82, 2.24) is 9.97 Å². The van der Waals surface area contributed by atoms with E-state index >= 15 is 0 Å². The maximum Gasteiger partial charge on any atom is 0.270 e. The maximum atomic E-state index is 11.2. The molecule has 0 aromatic carbocycles. The van der Waals surface area contributed by atoms with Crippen LogP contribution in [-0.4, -0.2) is 9.97 Å². The van der Waals surface area contributed by atoms with E-state index in [1.54, 1.807) is 0 Å². The van der Waals surface area contributed by atoms with E-state index in [2.05, 4.69) is 9.97 Å². The molecule has 5 heteroatoms. The molecule has 1 fully saturated rings. The van der Waals surface area contributed by atoms with Gasteiger partial charge in [0.15, 0.2) is 0 Å². The van der Waals surface area contributed by atoms with Crippen molar-refractivity contribution in [1.29, 1.82) is 5.26 Å². The summed E-state index contributed by atoms with van der Waals surface area (Å²) in [7, 11) is 0. The largest absolute Gasteiger partial charge is 0.369 e. The van der Waals surface area contributed by atoms with Crippen LogP contribution in [0.2, 0.25) is 0 Å². The minimum absolute atomic E-state index is 0.0888. The number of aromatic amines is 1. The SMILES string of the molecule is N#Cc1c(C2CC2)nc(N)[nH]c1=O. The smallest absolute Gasteiger partial charge is 0.270 e. The zero-order valence-corrected chi connectivity index (χ0v) is 6.87. The Kier molecular flexibility index (Phi) is 1.55. The highest BCUT2D eigenvalue weighted by Gasteiger charge is 2.29. The lowest BCUT2D eigenvalue weighted by molar-refractivity contribution is 0.967. The number of nitriles is 1. The number of H-pyrrole nitrogens is 1. The summed E-state index contributed by atoms with van der Waals surface area (Å²) in [4.78, 5) is 17.5. The Balaban J connectivity index is 2.65. The lowest BCUT2D eigenvalue weighted by Crippen LogP contribution is -2.17. The van der Waals surface area contributed by atoms with E-state index in [1.165, 1.54) is 0 Å². The van der Waals surface area contributed by atoms with Crippen molar-refractivity contribution in [3.8, 4) is 6.07 Å². The molecule has 3 N–H and O–H groups in total. The normalized spacial score (nSPS) is 15.3. The first-order chi connectivity index (χ1) is 6.22. The molecule has 2 rings (SSSR count). The van der Waals surface area contributed by atoms with Gasteiger partial charge in [-0.1, -0.05) is 0 Å². The van der Waals surface area contributed by atoms with Gasteiger partial charge in [-0.2, -0.15) is 5.26 Å². The third-order valence-electron chi connectivity index (χ3n) is 2.04. The second-order valence-corrected chi connectivity index (χ2v) is 3.10. The van der Waals surface area contributed by atoms with Gasteiger partial charge in [0.05, 0.1) is 5.69 Å². The number of nitrogen functional groups attached to an aromatic ring is 1. The summed E-state index contributed by atoms with van der Waals surface area (Å²) in [5, 5.41) is 8.72. The molecular formula is C8H8N4O. The number of nitrogens with two attached hydrogens (primary N) is 1. The average Bonchev–Trinajstić information content (AvgIpc) is 2.85. The van der Waals surface area contributed by atoms with E-state index in [-0.39, 0.29) is 17.4 Å². The highest BCUT2D eigenvalue weighted by atomic mass is 16.1. The van der Waals surface area contributed by atoms with E-state index in [1.807, 2.05) is 6.07 Å². The van der Waals surface area contributed by atoms with Gasteiger partial charge in [-0.15, -0.1) is 0 Å². The van der Waals surface area contributed by atoms with Gasteiger partial charge >= 0.3 is 0 Å². The number of rotatable bonds is 1. The van der Waals surface area contributed by atoms with Crippen LogP contribution in [0.25, 0.3) is 0 Å². The van der Waals surface area contributed by atoms with E-state index < -0.39 is 5.56 Å². The van der Waals surface area contributed by atoms with Crippen LogP contribution in [0.4, 0.5) is 5.95 Å². The van der Waals surface area contributed by atoms with Crippen molar-refractivity contribution in [2.24, 2.45) is 0 Å². The Morgan fingerprint density at radius 1 is 1.62 bits per heavy atom. The fourth-order valence-corrected chi connectivity index (χ4v) is 1.27. The Labute approximate surface area is 74.2 Å². The van der Waals surface area contributed by atoms with E-state index in [9.17, 15) is 4.79 Å². The van der Waals surface area contributed by atoms with Crippen LogP contribution in [0.5, 0.6) is 0 Å². The van der Waals surface area contributed by atoms with E-state index in [4.69, 9.17) is 11.0 Å². The first kappa shape index (κ1) is 7.80. The summed E-state index contributed by atoms with van der Waals surface area (Å²) in [5.41, 5.74) is 5.61. The fraction of sp³-hybridized carbons (Fsp3) is 0.375. The molecule has 0 aliphatic heterocycles. The number of anilines is 1. The van der Waals surface area contributed by atoms with Crippen LogP contribution in [0.1, 0.15) is 30.0 Å². The summed E-state index contributed by atoms with van der Waals surface area (Å²) in [6.45, 7) is 0. The van der Waals surface area contributed by atoms with Crippen LogP contribution < -0.4 is 11.3 Å². The fourth-order valence-electron chi connectivity index (χ4n) is 1.27. The minimum atomic E-state index is -0.433. The quantitative estimate of drug-likeness (QED) is 0.634. The third kappa shape index (κ3) is 1.26. The standard InChI is InChI=1S/C8H8N4O/c9-3-5-6(4-1-2-4)11-8(10)12-7(5)13/h4H,1-2H2,(H3,10,11,12,13). The molecule has 1 aliphatic rings. The van der Waals surface area contributed by atoms with Crippen molar-refractivity contribution in [3.63, 3.8) is 0 Å². The third-order valence-corrected chi connectivity index (χ3v) is 2.04. The lowest BCUT2D eigenvalue weighted by atomic mass is 10.2. The van der Waals surface area contributed by atoms with Gasteiger partial charge in [0.2, 0.25) is 5.95 Å². The van der Waals surface area contributed by atoms with Crippen LogP contribution in [-0.2, 0) is 0 Å². The molecule has 0 spiro atoms. The molecule has 66 valence electrons. The molecule has 13 heavy (non-hydrogen) atoms. The summed E-state index contributed by atoms with van der Waals surface area (Å²) in [6, 6.07) is 1.85. The van der Waals surface area contributed by atoms with Crippen molar-refractivity contribution < 1.29 is 0 Å². The molecule has 0 saturated heterocycles. The van der Waals surface area contributed by atoms with Crippen molar-refractivity contribution in [3.05, 3.63) is 21.6 Å². The summed E-state index contributed by atoms with van der Waals surface area (Å²) >= 11 is 0. The number of hydrogen-bond acceptors (Lipinski definition) is 4. The number of aromatic nitrogens is 2. The molecule has 1 aliphatic carbocycles. The van der Waals surface area contributed by atoms with Gasteiger partial charge in [-0.05, 0) is 12.8 Å². The summed E-state index contributed by atoms with van der Waals surface area (Å²) in [5.74, 6) is 0.352. The van der Waals surface area contributed by atoms with Crippen LogP contribution >= 0.6 is 0 Å². The summed E-state index contributed by atoms with van der Waals surface area (Å²) < 4.78 is 0. The van der Waals surface area contributed by atoms with Crippen LogP contribution in [0, 0.1) is 11.3 Å². The van der Waals surface area contributed by atoms with Crippen LogP contribution in [0.15, 0.2) is 4.79 Å².